The van der Waals surface area contributed by atoms with Crippen LogP contribution in [0.15, 0.2) is 45.9 Å². The number of thiophene rings is 1. The zero-order valence-electron chi connectivity index (χ0n) is 19.8. The molecule has 2 amide bonds. The number of amides is 2. The second kappa shape index (κ2) is 8.84. The molecule has 1 aromatic carbocycles. The molecule has 4 heterocycles. The van der Waals surface area contributed by atoms with Crippen LogP contribution in [-0.4, -0.2) is 56.2 Å². The number of piperidine rings is 1. The average Bonchev–Trinajstić information content (AvgIpc) is 3.47. The summed E-state index contributed by atoms with van der Waals surface area (Å²) in [5.74, 6) is -0.271. The molecule has 182 valence electrons. The third-order valence-corrected chi connectivity index (χ3v) is 6.69. The first kappa shape index (κ1) is 23.1. The normalized spacial score (nSPS) is 16.5. The fourth-order valence-electron chi connectivity index (χ4n) is 4.44. The van der Waals surface area contributed by atoms with E-state index < -0.39 is 5.60 Å². The number of likely N-dealkylation sites (tertiary alicyclic amines) is 1. The first-order chi connectivity index (χ1) is 16.7. The Balaban J connectivity index is 1.45. The van der Waals surface area contributed by atoms with Crippen LogP contribution in [0.25, 0.3) is 27.7 Å². The van der Waals surface area contributed by atoms with E-state index in [0.29, 0.717) is 35.2 Å². The number of hydrogen-bond acceptors (Lipinski definition) is 6. The topological polar surface area (TPSA) is 109 Å². The predicted molar refractivity (Wildman–Crippen MR) is 135 cm³/mol. The number of aromatic nitrogens is 3. The number of pyridine rings is 1. The highest BCUT2D eigenvalue weighted by Crippen LogP contribution is 2.28. The molecule has 0 unspecified atom stereocenters. The highest BCUT2D eigenvalue weighted by atomic mass is 32.1. The maximum absolute atomic E-state index is 13.4. The van der Waals surface area contributed by atoms with Gasteiger partial charge in [0.1, 0.15) is 5.60 Å². The summed E-state index contributed by atoms with van der Waals surface area (Å²) in [6, 6.07) is 9.14. The number of ether oxygens (including phenoxy) is 1. The molecule has 0 aliphatic carbocycles. The molecule has 0 spiro atoms. The lowest BCUT2D eigenvalue weighted by atomic mass is 10.0. The van der Waals surface area contributed by atoms with Gasteiger partial charge in [-0.25, -0.2) is 19.1 Å². The highest BCUT2D eigenvalue weighted by Gasteiger charge is 2.29. The maximum atomic E-state index is 13.4. The first-order valence-electron chi connectivity index (χ1n) is 11.5. The summed E-state index contributed by atoms with van der Waals surface area (Å²) in [5, 5.41) is 14.3. The molecule has 5 rings (SSSR count). The number of hydrogen-bond donors (Lipinski definition) is 2. The average molecular weight is 494 g/mol. The van der Waals surface area contributed by atoms with Crippen molar-refractivity contribution >= 4 is 39.9 Å². The van der Waals surface area contributed by atoms with Crippen molar-refractivity contribution in [2.45, 2.75) is 45.3 Å². The minimum Gasteiger partial charge on any atom is -0.444 e. The van der Waals surface area contributed by atoms with Crippen LogP contribution >= 0.6 is 11.3 Å². The quantitative estimate of drug-likeness (QED) is 0.448. The summed E-state index contributed by atoms with van der Waals surface area (Å²) in [7, 11) is 0. The zero-order chi connectivity index (χ0) is 24.7. The van der Waals surface area contributed by atoms with E-state index in [4.69, 9.17) is 4.74 Å². The number of rotatable bonds is 3. The molecule has 1 aliphatic heterocycles. The number of carbonyl (C=O) groups is 2. The van der Waals surface area contributed by atoms with Crippen molar-refractivity contribution in [3.05, 3.63) is 57.1 Å². The van der Waals surface area contributed by atoms with Crippen LogP contribution in [-0.2, 0) is 4.74 Å². The van der Waals surface area contributed by atoms with Gasteiger partial charge in [-0.3, -0.25) is 4.79 Å². The number of carbonyl (C=O) groups excluding carboxylic acids is 2. The first-order valence-corrected chi connectivity index (χ1v) is 12.5. The Morgan fingerprint density at radius 3 is 2.77 bits per heavy atom. The van der Waals surface area contributed by atoms with Crippen molar-refractivity contribution in [2.24, 2.45) is 0 Å². The van der Waals surface area contributed by atoms with E-state index in [1.165, 1.54) is 4.40 Å². The van der Waals surface area contributed by atoms with E-state index in [9.17, 15) is 14.4 Å². The van der Waals surface area contributed by atoms with Crippen LogP contribution in [0.3, 0.4) is 0 Å². The van der Waals surface area contributed by atoms with Gasteiger partial charge in [0.25, 0.3) is 5.91 Å². The third kappa shape index (κ3) is 4.66. The molecule has 2 N–H and O–H groups in total. The van der Waals surface area contributed by atoms with E-state index in [-0.39, 0.29) is 23.7 Å². The molecule has 0 saturated carbocycles. The van der Waals surface area contributed by atoms with Gasteiger partial charge in [0.15, 0.2) is 5.65 Å². The summed E-state index contributed by atoms with van der Waals surface area (Å²) >= 11 is 1.59. The van der Waals surface area contributed by atoms with Gasteiger partial charge < -0.3 is 15.0 Å². The van der Waals surface area contributed by atoms with Crippen LogP contribution in [0.4, 0.5) is 4.79 Å². The van der Waals surface area contributed by atoms with E-state index in [1.54, 1.807) is 22.3 Å². The van der Waals surface area contributed by atoms with Gasteiger partial charge >= 0.3 is 11.8 Å². The Hall–Kier alpha value is -3.66. The molecular weight excluding hydrogens is 466 g/mol. The van der Waals surface area contributed by atoms with Crippen LogP contribution in [0.5, 0.6) is 0 Å². The number of fused-ring (bicyclic) bond motifs is 3. The van der Waals surface area contributed by atoms with Crippen LogP contribution in [0.2, 0.25) is 0 Å². The predicted octanol–water partition coefficient (Wildman–Crippen LogP) is 4.03. The molecule has 3 aromatic heterocycles. The number of benzene rings is 1. The molecule has 4 aromatic rings. The molecule has 1 fully saturated rings. The Morgan fingerprint density at radius 2 is 2.03 bits per heavy atom. The van der Waals surface area contributed by atoms with E-state index >= 15 is 0 Å². The monoisotopic (exact) mass is 493 g/mol. The Morgan fingerprint density at radius 1 is 1.20 bits per heavy atom. The number of nitrogens with zero attached hydrogens (tertiary/aromatic N) is 3. The fraction of sp³-hybridized carbons (Fsp3) is 0.360. The summed E-state index contributed by atoms with van der Waals surface area (Å²) in [6.45, 7) is 6.47. The molecule has 1 saturated heterocycles. The van der Waals surface area contributed by atoms with E-state index in [0.717, 1.165) is 24.0 Å². The van der Waals surface area contributed by atoms with Gasteiger partial charge in [-0.2, -0.15) is 16.4 Å². The lowest BCUT2D eigenvalue weighted by Gasteiger charge is -2.34. The second-order valence-electron chi connectivity index (χ2n) is 9.76. The lowest BCUT2D eigenvalue weighted by molar-refractivity contribution is 0.0185. The van der Waals surface area contributed by atoms with Crippen molar-refractivity contribution in [1.29, 1.82) is 0 Å². The maximum Gasteiger partial charge on any atom is 0.410 e. The number of nitrogens with one attached hydrogen (secondary N) is 2. The smallest absolute Gasteiger partial charge is 0.410 e. The molecule has 0 bridgehead atoms. The van der Waals surface area contributed by atoms with Gasteiger partial charge in [0, 0.05) is 24.5 Å². The van der Waals surface area contributed by atoms with E-state index in [2.05, 4.69) is 15.5 Å². The van der Waals surface area contributed by atoms with Crippen molar-refractivity contribution in [1.82, 2.24) is 24.8 Å². The second-order valence-corrected chi connectivity index (χ2v) is 10.5. The van der Waals surface area contributed by atoms with Gasteiger partial charge in [0.05, 0.1) is 11.1 Å². The molecular formula is C25H27N5O4S. The fourth-order valence-corrected chi connectivity index (χ4v) is 5.10. The van der Waals surface area contributed by atoms with Crippen LogP contribution < -0.4 is 11.0 Å². The Kier molecular flexibility index (Phi) is 5.84. The minimum atomic E-state index is -0.578. The number of aromatic amines is 1. The van der Waals surface area contributed by atoms with Gasteiger partial charge in [0.2, 0.25) is 0 Å². The van der Waals surface area contributed by atoms with Crippen LogP contribution in [0.1, 0.15) is 44.0 Å². The Bertz CT molecular complexity index is 1470. The summed E-state index contributed by atoms with van der Waals surface area (Å²) in [6.07, 6.45) is 1.15. The van der Waals surface area contributed by atoms with Crippen LogP contribution in [0, 0.1) is 0 Å². The lowest BCUT2D eigenvalue weighted by Crippen LogP contribution is -2.50. The summed E-state index contributed by atoms with van der Waals surface area (Å²) < 4.78 is 6.98. The van der Waals surface area contributed by atoms with Crippen molar-refractivity contribution in [3.8, 4) is 11.1 Å². The molecule has 35 heavy (non-hydrogen) atoms. The van der Waals surface area contributed by atoms with Gasteiger partial charge in [-0.05, 0) is 73.7 Å². The SMILES string of the molecule is CC(C)(C)OC(=O)N1CCC[C@H](NC(=O)c2cc3n[nH]c(=O)n3c3cc(-c4ccsc4)ccc23)C1. The summed E-state index contributed by atoms with van der Waals surface area (Å²) in [5.41, 5.74) is 2.46. The van der Waals surface area contributed by atoms with Crippen molar-refractivity contribution in [2.75, 3.05) is 13.1 Å². The molecule has 1 aliphatic rings. The minimum absolute atomic E-state index is 0.207. The molecule has 1 atom stereocenters. The van der Waals surface area contributed by atoms with E-state index in [1.807, 2.05) is 55.8 Å². The summed E-state index contributed by atoms with van der Waals surface area (Å²) in [4.78, 5) is 40.1. The number of H-pyrrole nitrogens is 1. The Labute approximate surface area is 205 Å². The van der Waals surface area contributed by atoms with Crippen molar-refractivity contribution in [3.63, 3.8) is 0 Å². The van der Waals surface area contributed by atoms with Crippen molar-refractivity contribution < 1.29 is 14.3 Å². The van der Waals surface area contributed by atoms with Gasteiger partial charge in [-0.1, -0.05) is 12.1 Å². The molecule has 0 radical (unpaired) electrons. The molecule has 9 nitrogen and oxygen atoms in total. The largest absolute Gasteiger partial charge is 0.444 e. The zero-order valence-corrected chi connectivity index (χ0v) is 20.6. The third-order valence-electron chi connectivity index (χ3n) is 6.01. The standard InChI is InChI=1S/C25H27N5O4S/c1-25(2,3)34-24(33)29-9-4-5-17(13-29)26-22(31)19-12-21-27-28-23(32)30(21)20-11-15(6-7-18(19)20)16-8-10-35-14-16/h6-8,10-12,14,17H,4-5,9,13H2,1-3H3,(H,26,31)(H,28,32)/t17-/m0/s1. The van der Waals surface area contributed by atoms with Gasteiger partial charge in [-0.15, -0.1) is 0 Å². The molecule has 10 heteroatoms. The highest BCUT2D eigenvalue weighted by molar-refractivity contribution is 7.08.